The molecule has 0 aliphatic carbocycles. The van der Waals surface area contributed by atoms with Crippen molar-refractivity contribution < 1.29 is 9.59 Å². The molecular weight excluding hydrogens is 298 g/mol. The molecule has 2 rings (SSSR count). The van der Waals surface area contributed by atoms with Crippen LogP contribution in [0.4, 0.5) is 5.00 Å². The molecule has 2 amide bonds. The fourth-order valence-electron chi connectivity index (χ4n) is 3.29. The maximum Gasteiger partial charge on any atom is 0.251 e. The van der Waals surface area contributed by atoms with E-state index in [1.807, 2.05) is 6.92 Å². The molecule has 0 aromatic carbocycles. The lowest BCUT2D eigenvalue weighted by Crippen LogP contribution is -2.55. The summed E-state index contributed by atoms with van der Waals surface area (Å²) in [7, 11) is 0. The van der Waals surface area contributed by atoms with E-state index in [9.17, 15) is 9.59 Å². The van der Waals surface area contributed by atoms with Crippen molar-refractivity contribution in [3.8, 4) is 0 Å². The Bertz CT molecular complexity index is 617. The van der Waals surface area contributed by atoms with Crippen LogP contribution in [0.25, 0.3) is 0 Å². The number of primary amides is 1. The van der Waals surface area contributed by atoms with Crippen molar-refractivity contribution in [2.45, 2.75) is 65.0 Å². The average molecular weight is 323 g/mol. The Morgan fingerprint density at radius 1 is 1.32 bits per heavy atom. The zero-order chi connectivity index (χ0) is 16.7. The Labute approximate surface area is 135 Å². The Morgan fingerprint density at radius 3 is 2.50 bits per heavy atom. The molecule has 1 aliphatic rings. The van der Waals surface area contributed by atoms with Gasteiger partial charge < -0.3 is 16.4 Å². The summed E-state index contributed by atoms with van der Waals surface area (Å²) in [5, 5.41) is 7.04. The summed E-state index contributed by atoms with van der Waals surface area (Å²) >= 11 is 1.46. The highest BCUT2D eigenvalue weighted by Crippen LogP contribution is 2.44. The van der Waals surface area contributed by atoms with Crippen LogP contribution in [0.1, 0.15) is 68.3 Å². The molecule has 2 heterocycles. The van der Waals surface area contributed by atoms with Gasteiger partial charge in [-0.25, -0.2) is 0 Å². The Hall–Kier alpha value is -1.40. The summed E-state index contributed by atoms with van der Waals surface area (Å²) < 4.78 is 0. The van der Waals surface area contributed by atoms with Gasteiger partial charge in [-0.3, -0.25) is 9.59 Å². The van der Waals surface area contributed by atoms with Gasteiger partial charge in [0.25, 0.3) is 5.91 Å². The number of nitrogens with one attached hydrogen (secondary N) is 2. The standard InChI is InChI=1S/C16H25N3O2S/c1-6-7-10(20)18-14-11(13(17)21)9-8-15(2,3)19-16(4,5)12(9)22-14/h19H,6-8H2,1-5H3,(H2,17,21)(H,18,20). The van der Waals surface area contributed by atoms with Crippen LogP contribution in [0.3, 0.4) is 0 Å². The number of rotatable bonds is 4. The molecule has 0 atom stereocenters. The summed E-state index contributed by atoms with van der Waals surface area (Å²) in [4.78, 5) is 25.0. The van der Waals surface area contributed by atoms with Crippen LogP contribution in [-0.2, 0) is 16.8 Å². The second kappa shape index (κ2) is 5.66. The largest absolute Gasteiger partial charge is 0.365 e. The van der Waals surface area contributed by atoms with Gasteiger partial charge in [0.05, 0.1) is 5.56 Å². The highest BCUT2D eigenvalue weighted by atomic mass is 32.1. The molecule has 0 radical (unpaired) electrons. The van der Waals surface area contributed by atoms with Crippen LogP contribution in [0.2, 0.25) is 0 Å². The number of nitrogens with two attached hydrogens (primary N) is 1. The van der Waals surface area contributed by atoms with Gasteiger partial charge in [-0.05, 0) is 46.1 Å². The number of carbonyl (C=O) groups excluding carboxylic acids is 2. The van der Waals surface area contributed by atoms with E-state index in [0.717, 1.165) is 16.9 Å². The lowest BCUT2D eigenvalue weighted by Gasteiger charge is -2.42. The van der Waals surface area contributed by atoms with Crippen molar-refractivity contribution in [3.63, 3.8) is 0 Å². The minimum atomic E-state index is -0.474. The van der Waals surface area contributed by atoms with Gasteiger partial charge >= 0.3 is 0 Å². The zero-order valence-corrected chi connectivity index (χ0v) is 14.7. The second-order valence-electron chi connectivity index (χ2n) is 7.09. The van der Waals surface area contributed by atoms with Gasteiger partial charge in [0, 0.05) is 22.4 Å². The van der Waals surface area contributed by atoms with E-state index in [-0.39, 0.29) is 17.0 Å². The molecule has 22 heavy (non-hydrogen) atoms. The lowest BCUT2D eigenvalue weighted by atomic mass is 9.81. The van der Waals surface area contributed by atoms with Crippen LogP contribution in [0.5, 0.6) is 0 Å². The summed E-state index contributed by atoms with van der Waals surface area (Å²) in [6.45, 7) is 10.3. The van der Waals surface area contributed by atoms with Crippen LogP contribution in [-0.4, -0.2) is 17.4 Å². The first-order valence-corrected chi connectivity index (χ1v) is 8.44. The number of hydrogen-bond acceptors (Lipinski definition) is 4. The third kappa shape index (κ3) is 3.17. The first-order valence-electron chi connectivity index (χ1n) is 7.62. The third-order valence-corrected chi connectivity index (χ3v) is 5.29. The SMILES string of the molecule is CCCC(=O)Nc1sc2c(c1C(N)=O)CC(C)(C)NC2(C)C. The van der Waals surface area contributed by atoms with E-state index in [4.69, 9.17) is 5.73 Å². The van der Waals surface area contributed by atoms with Gasteiger partial charge in [0.15, 0.2) is 0 Å². The molecule has 4 N–H and O–H groups in total. The first-order chi connectivity index (χ1) is 10.1. The Kier molecular flexibility index (Phi) is 4.37. The highest BCUT2D eigenvalue weighted by Gasteiger charge is 2.41. The highest BCUT2D eigenvalue weighted by molar-refractivity contribution is 7.17. The predicted octanol–water partition coefficient (Wildman–Crippen LogP) is 2.75. The fourth-order valence-corrected chi connectivity index (χ4v) is 4.59. The lowest BCUT2D eigenvalue weighted by molar-refractivity contribution is -0.116. The molecule has 0 bridgehead atoms. The Morgan fingerprint density at radius 2 is 1.95 bits per heavy atom. The summed E-state index contributed by atoms with van der Waals surface area (Å²) in [6, 6.07) is 0. The quantitative estimate of drug-likeness (QED) is 0.796. The number of anilines is 1. The molecule has 6 heteroatoms. The van der Waals surface area contributed by atoms with Gasteiger partial charge in [-0.15, -0.1) is 11.3 Å². The molecule has 5 nitrogen and oxygen atoms in total. The molecule has 0 saturated heterocycles. The molecule has 0 spiro atoms. The second-order valence-corrected chi connectivity index (χ2v) is 8.11. The van der Waals surface area contributed by atoms with E-state index in [1.54, 1.807) is 0 Å². The first kappa shape index (κ1) is 17.0. The van der Waals surface area contributed by atoms with Crippen molar-refractivity contribution in [2.24, 2.45) is 5.73 Å². The van der Waals surface area contributed by atoms with Gasteiger partial charge in [-0.1, -0.05) is 6.92 Å². The van der Waals surface area contributed by atoms with Gasteiger partial charge in [0.2, 0.25) is 5.91 Å². The number of amides is 2. The summed E-state index contributed by atoms with van der Waals surface area (Å²) in [5.74, 6) is -0.550. The van der Waals surface area contributed by atoms with E-state index in [0.29, 0.717) is 23.4 Å². The van der Waals surface area contributed by atoms with E-state index in [1.165, 1.54) is 11.3 Å². The molecular formula is C16H25N3O2S. The van der Waals surface area contributed by atoms with Crippen LogP contribution >= 0.6 is 11.3 Å². The molecule has 1 aliphatic heterocycles. The third-order valence-electron chi connectivity index (χ3n) is 3.82. The van der Waals surface area contributed by atoms with Crippen LogP contribution in [0.15, 0.2) is 0 Å². The smallest absolute Gasteiger partial charge is 0.251 e. The van der Waals surface area contributed by atoms with Crippen molar-refractivity contribution in [3.05, 3.63) is 16.0 Å². The molecule has 0 saturated carbocycles. The minimum Gasteiger partial charge on any atom is -0.365 e. The van der Waals surface area contributed by atoms with Crippen molar-refractivity contribution in [1.82, 2.24) is 5.32 Å². The van der Waals surface area contributed by atoms with Crippen LogP contribution in [0, 0.1) is 0 Å². The summed E-state index contributed by atoms with van der Waals surface area (Å²) in [5.41, 5.74) is 6.66. The number of thiophene rings is 1. The zero-order valence-electron chi connectivity index (χ0n) is 13.9. The van der Waals surface area contributed by atoms with E-state index < -0.39 is 5.91 Å². The normalized spacial score (nSPS) is 18.6. The topological polar surface area (TPSA) is 84.2 Å². The van der Waals surface area contributed by atoms with Crippen molar-refractivity contribution in [1.29, 1.82) is 0 Å². The monoisotopic (exact) mass is 323 g/mol. The molecule has 1 aromatic heterocycles. The average Bonchev–Trinajstić information content (AvgIpc) is 2.65. The number of carbonyl (C=O) groups is 2. The molecule has 1 aromatic rings. The van der Waals surface area contributed by atoms with Crippen LogP contribution < -0.4 is 16.4 Å². The number of hydrogen-bond donors (Lipinski definition) is 3. The van der Waals surface area contributed by atoms with E-state index >= 15 is 0 Å². The van der Waals surface area contributed by atoms with E-state index in [2.05, 4.69) is 38.3 Å². The van der Waals surface area contributed by atoms with Gasteiger partial charge in [0.1, 0.15) is 5.00 Å². The molecule has 122 valence electrons. The minimum absolute atomic E-state index is 0.0753. The van der Waals surface area contributed by atoms with Crippen molar-refractivity contribution >= 4 is 28.2 Å². The summed E-state index contributed by atoms with van der Waals surface area (Å²) in [6.07, 6.45) is 1.92. The fraction of sp³-hybridized carbons (Fsp3) is 0.625. The molecule has 0 fully saturated rings. The maximum absolute atomic E-state index is 12.0. The Balaban J connectivity index is 2.53. The number of fused-ring (bicyclic) bond motifs is 1. The maximum atomic E-state index is 12.0. The predicted molar refractivity (Wildman–Crippen MR) is 90.3 cm³/mol. The van der Waals surface area contributed by atoms with Crippen molar-refractivity contribution in [2.75, 3.05) is 5.32 Å². The molecule has 0 unspecified atom stereocenters. The van der Waals surface area contributed by atoms with Gasteiger partial charge in [-0.2, -0.15) is 0 Å².